The third-order valence-corrected chi connectivity index (χ3v) is 5.19. The van der Waals surface area contributed by atoms with Gasteiger partial charge >= 0.3 is 0 Å². The highest BCUT2D eigenvalue weighted by Crippen LogP contribution is 2.40. The minimum absolute atomic E-state index is 0.227. The SMILES string of the molecule is COc1cccc2c(NCC3(C(=O)N(C)C)CCCC3)cc(C)nc12. The number of pyridine rings is 1. The second-order valence-electron chi connectivity index (χ2n) is 7.21. The van der Waals surface area contributed by atoms with Crippen molar-refractivity contribution < 1.29 is 9.53 Å². The summed E-state index contributed by atoms with van der Waals surface area (Å²) in [6.45, 7) is 2.63. The smallest absolute Gasteiger partial charge is 0.230 e. The van der Waals surface area contributed by atoms with Gasteiger partial charge in [-0.1, -0.05) is 25.0 Å². The molecule has 1 amide bonds. The number of nitrogens with one attached hydrogen (secondary N) is 1. The normalized spacial score (nSPS) is 16.0. The van der Waals surface area contributed by atoms with Gasteiger partial charge in [0.1, 0.15) is 11.3 Å². The van der Waals surface area contributed by atoms with Crippen LogP contribution in [-0.4, -0.2) is 43.5 Å². The fourth-order valence-corrected chi connectivity index (χ4v) is 3.92. The molecule has 1 N–H and O–H groups in total. The molecule has 5 nitrogen and oxygen atoms in total. The van der Waals surface area contributed by atoms with Crippen LogP contribution in [0.1, 0.15) is 31.4 Å². The molecule has 3 rings (SSSR count). The first-order valence-corrected chi connectivity index (χ1v) is 8.87. The highest BCUT2D eigenvalue weighted by atomic mass is 16.5. The van der Waals surface area contributed by atoms with Gasteiger partial charge in [0, 0.05) is 37.4 Å². The van der Waals surface area contributed by atoms with Crippen LogP contribution >= 0.6 is 0 Å². The van der Waals surface area contributed by atoms with Gasteiger partial charge in [0.25, 0.3) is 0 Å². The molecule has 1 fully saturated rings. The van der Waals surface area contributed by atoms with E-state index in [1.54, 1.807) is 12.0 Å². The maximum Gasteiger partial charge on any atom is 0.230 e. The van der Waals surface area contributed by atoms with Crippen LogP contribution < -0.4 is 10.1 Å². The van der Waals surface area contributed by atoms with E-state index in [9.17, 15) is 4.79 Å². The molecule has 2 aromatic rings. The lowest BCUT2D eigenvalue weighted by Crippen LogP contribution is -2.43. The molecule has 25 heavy (non-hydrogen) atoms. The first-order valence-electron chi connectivity index (χ1n) is 8.87. The van der Waals surface area contributed by atoms with E-state index in [-0.39, 0.29) is 11.3 Å². The van der Waals surface area contributed by atoms with Crippen molar-refractivity contribution in [3.05, 3.63) is 30.0 Å². The molecule has 1 saturated carbocycles. The molecular formula is C20H27N3O2. The topological polar surface area (TPSA) is 54.5 Å². The van der Waals surface area contributed by atoms with E-state index in [4.69, 9.17) is 4.74 Å². The lowest BCUT2D eigenvalue weighted by molar-refractivity contribution is -0.138. The van der Waals surface area contributed by atoms with Crippen LogP contribution in [0.4, 0.5) is 5.69 Å². The highest BCUT2D eigenvalue weighted by molar-refractivity contribution is 5.95. The Morgan fingerprint density at radius 3 is 2.68 bits per heavy atom. The highest BCUT2D eigenvalue weighted by Gasteiger charge is 2.41. The average molecular weight is 341 g/mol. The molecule has 1 aromatic heterocycles. The van der Waals surface area contributed by atoms with Crippen molar-refractivity contribution in [2.45, 2.75) is 32.6 Å². The van der Waals surface area contributed by atoms with Crippen molar-refractivity contribution in [1.82, 2.24) is 9.88 Å². The van der Waals surface area contributed by atoms with E-state index in [0.717, 1.165) is 53.7 Å². The average Bonchev–Trinajstić information content (AvgIpc) is 3.08. The van der Waals surface area contributed by atoms with Gasteiger partial charge in [-0.05, 0) is 31.9 Å². The van der Waals surface area contributed by atoms with Gasteiger partial charge in [0.15, 0.2) is 0 Å². The van der Waals surface area contributed by atoms with Gasteiger partial charge in [-0.2, -0.15) is 0 Å². The number of amides is 1. The Morgan fingerprint density at radius 2 is 2.04 bits per heavy atom. The summed E-state index contributed by atoms with van der Waals surface area (Å²) in [7, 11) is 5.35. The quantitative estimate of drug-likeness (QED) is 0.902. The molecule has 0 unspecified atom stereocenters. The Labute approximate surface area is 149 Å². The molecule has 0 saturated heterocycles. The van der Waals surface area contributed by atoms with Gasteiger partial charge in [-0.3, -0.25) is 4.79 Å². The fraction of sp³-hybridized carbons (Fsp3) is 0.500. The van der Waals surface area contributed by atoms with Crippen molar-refractivity contribution >= 4 is 22.5 Å². The molecule has 1 heterocycles. The molecule has 0 spiro atoms. The lowest BCUT2D eigenvalue weighted by atomic mass is 9.84. The zero-order chi connectivity index (χ0) is 18.0. The first kappa shape index (κ1) is 17.5. The van der Waals surface area contributed by atoms with Crippen LogP contribution in [0.25, 0.3) is 10.9 Å². The Hall–Kier alpha value is -2.30. The third kappa shape index (κ3) is 3.28. The van der Waals surface area contributed by atoms with Crippen LogP contribution in [0.15, 0.2) is 24.3 Å². The number of nitrogens with zero attached hydrogens (tertiary/aromatic N) is 2. The van der Waals surface area contributed by atoms with Crippen molar-refractivity contribution in [3.8, 4) is 5.75 Å². The van der Waals surface area contributed by atoms with Gasteiger partial charge < -0.3 is 15.0 Å². The van der Waals surface area contributed by atoms with Crippen molar-refractivity contribution in [2.75, 3.05) is 33.1 Å². The summed E-state index contributed by atoms with van der Waals surface area (Å²) in [5, 5.41) is 4.58. The summed E-state index contributed by atoms with van der Waals surface area (Å²) in [6.07, 6.45) is 4.13. The number of aromatic nitrogens is 1. The van der Waals surface area contributed by atoms with Gasteiger partial charge in [0.2, 0.25) is 5.91 Å². The van der Waals surface area contributed by atoms with E-state index in [2.05, 4.69) is 10.3 Å². The summed E-state index contributed by atoms with van der Waals surface area (Å²) in [6, 6.07) is 7.98. The standard InChI is InChI=1S/C20H27N3O2/c1-14-12-16(15-8-7-9-17(25-4)18(15)22-14)21-13-20(10-5-6-11-20)19(24)23(2)3/h7-9,12H,5-6,10-11,13H2,1-4H3,(H,21,22). The molecular weight excluding hydrogens is 314 g/mol. The van der Waals surface area contributed by atoms with Crippen LogP contribution in [0.5, 0.6) is 5.75 Å². The van der Waals surface area contributed by atoms with E-state index in [0.29, 0.717) is 6.54 Å². The first-order chi connectivity index (χ1) is 12.0. The fourth-order valence-electron chi connectivity index (χ4n) is 3.92. The Balaban J connectivity index is 1.94. The Bertz CT molecular complexity index is 780. The third-order valence-electron chi connectivity index (χ3n) is 5.19. The summed E-state index contributed by atoms with van der Waals surface area (Å²) in [5.41, 5.74) is 2.50. The monoisotopic (exact) mass is 341 g/mol. The minimum Gasteiger partial charge on any atom is -0.494 e. The number of para-hydroxylation sites is 1. The van der Waals surface area contributed by atoms with E-state index in [1.165, 1.54) is 0 Å². The number of hydrogen-bond acceptors (Lipinski definition) is 4. The van der Waals surface area contributed by atoms with Gasteiger partial charge in [0.05, 0.1) is 12.5 Å². The Kier molecular flexibility index (Phi) is 4.84. The maximum atomic E-state index is 12.8. The van der Waals surface area contributed by atoms with E-state index >= 15 is 0 Å². The zero-order valence-electron chi connectivity index (χ0n) is 15.6. The number of rotatable bonds is 5. The number of methoxy groups -OCH3 is 1. The molecule has 0 aliphatic heterocycles. The van der Waals surface area contributed by atoms with E-state index in [1.807, 2.05) is 45.3 Å². The number of aryl methyl sites for hydroxylation is 1. The molecule has 1 aliphatic carbocycles. The Morgan fingerprint density at radius 1 is 1.32 bits per heavy atom. The number of ether oxygens (including phenoxy) is 1. The zero-order valence-corrected chi connectivity index (χ0v) is 15.6. The minimum atomic E-state index is -0.300. The molecule has 134 valence electrons. The number of anilines is 1. The van der Waals surface area contributed by atoms with Crippen molar-refractivity contribution in [3.63, 3.8) is 0 Å². The molecule has 0 bridgehead atoms. The molecule has 0 radical (unpaired) electrons. The summed E-state index contributed by atoms with van der Waals surface area (Å²) in [5.74, 6) is 0.995. The number of carbonyl (C=O) groups excluding carboxylic acids is 1. The number of hydrogen-bond donors (Lipinski definition) is 1. The second kappa shape index (κ2) is 6.90. The predicted octanol–water partition coefficient (Wildman–Crippen LogP) is 3.61. The van der Waals surface area contributed by atoms with Crippen LogP contribution in [0.2, 0.25) is 0 Å². The van der Waals surface area contributed by atoms with Gasteiger partial charge in [-0.25, -0.2) is 4.98 Å². The number of carbonyl (C=O) groups is 1. The maximum absolute atomic E-state index is 12.8. The number of benzene rings is 1. The largest absolute Gasteiger partial charge is 0.494 e. The summed E-state index contributed by atoms with van der Waals surface area (Å²) >= 11 is 0. The molecule has 1 aromatic carbocycles. The van der Waals surface area contributed by atoms with Crippen molar-refractivity contribution in [1.29, 1.82) is 0 Å². The summed E-state index contributed by atoms with van der Waals surface area (Å²) in [4.78, 5) is 19.1. The van der Waals surface area contributed by atoms with Gasteiger partial charge in [-0.15, -0.1) is 0 Å². The predicted molar refractivity (Wildman–Crippen MR) is 101 cm³/mol. The summed E-state index contributed by atoms with van der Waals surface area (Å²) < 4.78 is 5.45. The van der Waals surface area contributed by atoms with Crippen LogP contribution in [-0.2, 0) is 4.79 Å². The lowest BCUT2D eigenvalue weighted by Gasteiger charge is -2.31. The second-order valence-corrected chi connectivity index (χ2v) is 7.21. The van der Waals surface area contributed by atoms with Crippen LogP contribution in [0, 0.1) is 12.3 Å². The number of fused-ring (bicyclic) bond motifs is 1. The van der Waals surface area contributed by atoms with Crippen LogP contribution in [0.3, 0.4) is 0 Å². The van der Waals surface area contributed by atoms with Crippen molar-refractivity contribution in [2.24, 2.45) is 5.41 Å². The molecule has 5 heteroatoms. The van der Waals surface area contributed by atoms with E-state index < -0.39 is 0 Å². The molecule has 1 aliphatic rings. The molecule has 0 atom stereocenters.